The second-order valence-corrected chi connectivity index (χ2v) is 5.14. The molecule has 7 heteroatoms. The number of pyridine rings is 1. The van der Waals surface area contributed by atoms with E-state index in [-0.39, 0.29) is 12.8 Å². The number of carboxylic acid groups (broad SMARTS) is 1. The smallest absolute Gasteiger partial charge is 0.329 e. The first-order chi connectivity index (χ1) is 9.03. The molecule has 1 aromatic heterocycles. The number of halogens is 1. The van der Waals surface area contributed by atoms with Crippen LogP contribution in [0.3, 0.4) is 0 Å². The Morgan fingerprint density at radius 1 is 1.37 bits per heavy atom. The molecule has 1 aliphatic heterocycles. The van der Waals surface area contributed by atoms with Crippen LogP contribution in [0.15, 0.2) is 22.9 Å². The lowest BCUT2D eigenvalue weighted by Gasteiger charge is -2.33. The lowest BCUT2D eigenvalue weighted by atomic mass is 9.90. The van der Waals surface area contributed by atoms with Crippen LogP contribution in [0.5, 0.6) is 0 Å². The van der Waals surface area contributed by atoms with Crippen molar-refractivity contribution >= 4 is 27.8 Å². The Balaban J connectivity index is 2.15. The number of carboxylic acids is 1. The lowest BCUT2D eigenvalue weighted by molar-refractivity contribution is -0.148. The quantitative estimate of drug-likeness (QED) is 0.814. The van der Waals surface area contributed by atoms with Gasteiger partial charge < -0.3 is 15.2 Å². The number of aromatic nitrogens is 1. The van der Waals surface area contributed by atoms with Crippen molar-refractivity contribution in [2.24, 2.45) is 0 Å². The predicted molar refractivity (Wildman–Crippen MR) is 69.8 cm³/mol. The van der Waals surface area contributed by atoms with E-state index in [2.05, 4.69) is 26.2 Å². The Kier molecular flexibility index (Phi) is 4.16. The van der Waals surface area contributed by atoms with Crippen LogP contribution in [-0.2, 0) is 9.53 Å². The number of hydrogen-bond acceptors (Lipinski definition) is 4. The minimum Gasteiger partial charge on any atom is -0.480 e. The molecule has 0 radical (unpaired) electrons. The molecule has 2 N–H and O–H groups in total. The van der Waals surface area contributed by atoms with Crippen LogP contribution < -0.4 is 5.32 Å². The highest BCUT2D eigenvalue weighted by molar-refractivity contribution is 9.10. The van der Waals surface area contributed by atoms with Gasteiger partial charge in [-0.3, -0.25) is 4.79 Å². The molecule has 0 atom stereocenters. The summed E-state index contributed by atoms with van der Waals surface area (Å²) in [6, 6.07) is 3.22. The Bertz CT molecular complexity index is 483. The molecule has 0 saturated carbocycles. The van der Waals surface area contributed by atoms with Crippen LogP contribution in [0.1, 0.15) is 23.2 Å². The molecule has 1 aliphatic rings. The summed E-state index contributed by atoms with van der Waals surface area (Å²) in [5.41, 5.74) is -0.919. The fourth-order valence-corrected chi connectivity index (χ4v) is 2.15. The van der Waals surface area contributed by atoms with Crippen molar-refractivity contribution in [3.63, 3.8) is 0 Å². The van der Waals surface area contributed by atoms with Gasteiger partial charge in [0.25, 0.3) is 5.91 Å². The molecule has 6 nitrogen and oxygen atoms in total. The number of nitrogens with zero attached hydrogens (tertiary/aromatic N) is 1. The third-order valence-electron chi connectivity index (χ3n) is 3.10. The Morgan fingerprint density at radius 3 is 2.58 bits per heavy atom. The summed E-state index contributed by atoms with van der Waals surface area (Å²) in [5, 5.41) is 11.9. The summed E-state index contributed by atoms with van der Waals surface area (Å²) < 4.78 is 5.76. The maximum absolute atomic E-state index is 12.1. The first kappa shape index (κ1) is 14.0. The maximum atomic E-state index is 12.1. The summed E-state index contributed by atoms with van der Waals surface area (Å²) in [6.07, 6.45) is 1.92. The van der Waals surface area contributed by atoms with Gasteiger partial charge in [0, 0.05) is 32.3 Å². The van der Waals surface area contributed by atoms with E-state index in [1.807, 2.05) is 0 Å². The Hall–Kier alpha value is -1.47. The highest BCUT2D eigenvalue weighted by atomic mass is 79.9. The second kappa shape index (κ2) is 5.66. The Labute approximate surface area is 118 Å². The number of nitrogens with one attached hydrogen (secondary N) is 1. The normalized spacial score (nSPS) is 17.7. The van der Waals surface area contributed by atoms with Gasteiger partial charge in [-0.1, -0.05) is 0 Å². The summed E-state index contributed by atoms with van der Waals surface area (Å²) in [6.45, 7) is 0.649. The number of ether oxygens (including phenoxy) is 1. The lowest BCUT2D eigenvalue weighted by Crippen LogP contribution is -2.57. The van der Waals surface area contributed by atoms with Crippen LogP contribution in [0.25, 0.3) is 0 Å². The molecule has 1 amide bonds. The number of rotatable bonds is 3. The van der Waals surface area contributed by atoms with E-state index < -0.39 is 17.4 Å². The van der Waals surface area contributed by atoms with Crippen molar-refractivity contribution in [1.82, 2.24) is 10.3 Å². The minimum absolute atomic E-state index is 0.262. The van der Waals surface area contributed by atoms with Crippen molar-refractivity contribution in [1.29, 1.82) is 0 Å². The topological polar surface area (TPSA) is 88.5 Å². The van der Waals surface area contributed by atoms with Gasteiger partial charge in [0.2, 0.25) is 0 Å². The molecule has 2 rings (SSSR count). The molecule has 2 heterocycles. The predicted octanol–water partition coefficient (Wildman–Crippen LogP) is 1.21. The van der Waals surface area contributed by atoms with Crippen LogP contribution in [0.2, 0.25) is 0 Å². The summed E-state index contributed by atoms with van der Waals surface area (Å²) >= 11 is 3.17. The van der Waals surface area contributed by atoms with Crippen LogP contribution in [0.4, 0.5) is 0 Å². The number of carbonyl (C=O) groups excluding carboxylic acids is 1. The number of hydrogen-bond donors (Lipinski definition) is 2. The van der Waals surface area contributed by atoms with Crippen LogP contribution in [0, 0.1) is 0 Å². The average Bonchev–Trinajstić information content (AvgIpc) is 2.40. The SMILES string of the molecule is O=C(NC1(C(=O)O)CCOCC1)c1ccc(Br)nc1. The van der Waals surface area contributed by atoms with Gasteiger partial charge in [0.1, 0.15) is 10.1 Å². The van der Waals surface area contributed by atoms with Gasteiger partial charge in [-0.2, -0.15) is 0 Å². The first-order valence-corrected chi connectivity index (χ1v) is 6.58. The number of amides is 1. The number of aliphatic carboxylic acids is 1. The standard InChI is InChI=1S/C12H13BrN2O4/c13-9-2-1-8(7-14-9)10(16)15-12(11(17)18)3-5-19-6-4-12/h1-2,7H,3-6H2,(H,15,16)(H,17,18). The van der Waals surface area contributed by atoms with E-state index in [1.165, 1.54) is 6.20 Å². The molecule has 19 heavy (non-hydrogen) atoms. The van der Waals surface area contributed by atoms with Crippen molar-refractivity contribution < 1.29 is 19.4 Å². The van der Waals surface area contributed by atoms with Gasteiger partial charge in [-0.15, -0.1) is 0 Å². The largest absolute Gasteiger partial charge is 0.480 e. The van der Waals surface area contributed by atoms with Gasteiger partial charge in [0.15, 0.2) is 0 Å². The summed E-state index contributed by atoms with van der Waals surface area (Å²) in [4.78, 5) is 27.4. The zero-order chi connectivity index (χ0) is 13.9. The van der Waals surface area contributed by atoms with Crippen molar-refractivity contribution in [2.75, 3.05) is 13.2 Å². The van der Waals surface area contributed by atoms with Crippen molar-refractivity contribution in [3.8, 4) is 0 Å². The molecule has 1 aromatic rings. The third kappa shape index (κ3) is 3.10. The highest BCUT2D eigenvalue weighted by Gasteiger charge is 2.41. The molecule has 1 fully saturated rings. The molecule has 0 aliphatic carbocycles. The van der Waals surface area contributed by atoms with E-state index in [1.54, 1.807) is 12.1 Å². The zero-order valence-electron chi connectivity index (χ0n) is 10.1. The summed E-state index contributed by atoms with van der Waals surface area (Å²) in [5.74, 6) is -1.47. The fourth-order valence-electron chi connectivity index (χ4n) is 1.91. The molecule has 0 spiro atoms. The van der Waals surface area contributed by atoms with Crippen molar-refractivity contribution in [2.45, 2.75) is 18.4 Å². The molecule has 1 saturated heterocycles. The minimum atomic E-state index is -1.25. The van der Waals surface area contributed by atoms with Gasteiger partial charge in [0.05, 0.1) is 5.56 Å². The van der Waals surface area contributed by atoms with Gasteiger partial charge >= 0.3 is 5.97 Å². The van der Waals surface area contributed by atoms with E-state index in [4.69, 9.17) is 4.74 Å². The van der Waals surface area contributed by atoms with E-state index in [0.29, 0.717) is 23.4 Å². The van der Waals surface area contributed by atoms with E-state index in [0.717, 1.165) is 0 Å². The van der Waals surface area contributed by atoms with Gasteiger partial charge in [-0.25, -0.2) is 9.78 Å². The first-order valence-electron chi connectivity index (χ1n) is 5.79. The molecule has 102 valence electrons. The highest BCUT2D eigenvalue weighted by Crippen LogP contribution is 2.21. The summed E-state index contributed by atoms with van der Waals surface area (Å²) in [7, 11) is 0. The zero-order valence-corrected chi connectivity index (χ0v) is 11.6. The van der Waals surface area contributed by atoms with E-state index >= 15 is 0 Å². The number of carbonyl (C=O) groups is 2. The Morgan fingerprint density at radius 2 is 2.05 bits per heavy atom. The molecule has 0 unspecified atom stereocenters. The van der Waals surface area contributed by atoms with Crippen LogP contribution >= 0.6 is 15.9 Å². The average molecular weight is 329 g/mol. The molecular weight excluding hydrogens is 316 g/mol. The maximum Gasteiger partial charge on any atom is 0.329 e. The third-order valence-corrected chi connectivity index (χ3v) is 3.57. The second-order valence-electron chi connectivity index (χ2n) is 4.32. The monoisotopic (exact) mass is 328 g/mol. The molecular formula is C12H13BrN2O4. The fraction of sp³-hybridized carbons (Fsp3) is 0.417. The van der Waals surface area contributed by atoms with Crippen molar-refractivity contribution in [3.05, 3.63) is 28.5 Å². The van der Waals surface area contributed by atoms with Gasteiger partial charge in [-0.05, 0) is 28.1 Å². The molecule has 0 aromatic carbocycles. The van der Waals surface area contributed by atoms with E-state index in [9.17, 15) is 14.7 Å². The van der Waals surface area contributed by atoms with Crippen LogP contribution in [-0.4, -0.2) is 40.7 Å². The molecule has 0 bridgehead atoms.